The first kappa shape index (κ1) is 16.5. The molecule has 0 amide bonds. The summed E-state index contributed by atoms with van der Waals surface area (Å²) in [5.41, 5.74) is 3.70. The molecule has 4 heteroatoms. The van der Waals surface area contributed by atoms with Gasteiger partial charge < -0.3 is 0 Å². The molecule has 2 aromatic rings. The summed E-state index contributed by atoms with van der Waals surface area (Å²) in [4.78, 5) is 0.347. The fourth-order valence-electron chi connectivity index (χ4n) is 4.16. The first-order valence-corrected chi connectivity index (χ1v) is 10.5. The first-order chi connectivity index (χ1) is 11.9. The van der Waals surface area contributed by atoms with E-state index in [1.54, 1.807) is 12.1 Å². The molecule has 1 unspecified atom stereocenters. The quantitative estimate of drug-likeness (QED) is 0.778. The maximum atomic E-state index is 13.3. The highest BCUT2D eigenvalue weighted by atomic mass is 32.2. The topological polar surface area (TPSA) is 34.1 Å². The molecule has 1 spiro atoms. The van der Waals surface area contributed by atoms with Crippen LogP contribution in [0.4, 0.5) is 4.39 Å². The van der Waals surface area contributed by atoms with Crippen LogP contribution in [-0.2, 0) is 9.84 Å². The summed E-state index contributed by atoms with van der Waals surface area (Å²) in [6.45, 7) is 0. The molecule has 0 aliphatic heterocycles. The standard InChI is InChI=1S/C21H21FO2S/c1-25(23,24)18-9-5-16(6-10-18)20-14-21(11-2-12-21)13-19(20)15-3-7-17(22)8-4-15/h3-10,13,20H,2,11-12,14H2,1H3. The molecule has 0 saturated heterocycles. The Labute approximate surface area is 148 Å². The van der Waals surface area contributed by atoms with E-state index in [2.05, 4.69) is 6.08 Å². The van der Waals surface area contributed by atoms with Crippen LogP contribution in [0.5, 0.6) is 0 Å². The van der Waals surface area contributed by atoms with Crippen molar-refractivity contribution in [3.05, 3.63) is 71.6 Å². The molecule has 1 saturated carbocycles. The highest BCUT2D eigenvalue weighted by Gasteiger charge is 2.43. The minimum absolute atomic E-state index is 0.227. The maximum absolute atomic E-state index is 13.3. The van der Waals surface area contributed by atoms with Gasteiger partial charge in [-0.2, -0.15) is 0 Å². The van der Waals surface area contributed by atoms with Crippen LogP contribution < -0.4 is 0 Å². The fraction of sp³-hybridized carbons (Fsp3) is 0.333. The molecule has 4 rings (SSSR count). The van der Waals surface area contributed by atoms with Gasteiger partial charge in [0.05, 0.1) is 4.90 Å². The number of rotatable bonds is 3. The van der Waals surface area contributed by atoms with E-state index >= 15 is 0 Å². The van der Waals surface area contributed by atoms with Crippen LogP contribution in [0.1, 0.15) is 42.7 Å². The van der Waals surface area contributed by atoms with Gasteiger partial charge in [-0.1, -0.05) is 36.8 Å². The number of hydrogen-bond donors (Lipinski definition) is 0. The lowest BCUT2D eigenvalue weighted by atomic mass is 9.67. The highest BCUT2D eigenvalue weighted by molar-refractivity contribution is 7.90. The van der Waals surface area contributed by atoms with Crippen molar-refractivity contribution in [1.82, 2.24) is 0 Å². The van der Waals surface area contributed by atoms with Crippen LogP contribution in [-0.4, -0.2) is 14.7 Å². The third kappa shape index (κ3) is 3.04. The number of hydrogen-bond acceptors (Lipinski definition) is 2. The largest absolute Gasteiger partial charge is 0.224 e. The predicted molar refractivity (Wildman–Crippen MR) is 97.6 cm³/mol. The van der Waals surface area contributed by atoms with Gasteiger partial charge in [0.25, 0.3) is 0 Å². The van der Waals surface area contributed by atoms with E-state index in [0.29, 0.717) is 4.90 Å². The summed E-state index contributed by atoms with van der Waals surface area (Å²) in [7, 11) is -3.19. The summed E-state index contributed by atoms with van der Waals surface area (Å²) in [5.74, 6) is 0.00845. The number of halogens is 1. The second-order valence-electron chi connectivity index (χ2n) is 7.42. The van der Waals surface area contributed by atoms with Crippen molar-refractivity contribution in [3.63, 3.8) is 0 Å². The molecule has 130 valence electrons. The van der Waals surface area contributed by atoms with Crippen LogP contribution in [0.2, 0.25) is 0 Å². The normalized spacial score (nSPS) is 21.8. The van der Waals surface area contributed by atoms with Crippen molar-refractivity contribution in [1.29, 1.82) is 0 Å². The summed E-state index contributed by atoms with van der Waals surface area (Å²) in [5, 5.41) is 0. The number of sulfone groups is 1. The van der Waals surface area contributed by atoms with E-state index in [0.717, 1.165) is 17.5 Å². The zero-order valence-corrected chi connectivity index (χ0v) is 15.0. The molecule has 0 aromatic heterocycles. The molecule has 0 N–H and O–H groups in total. The summed E-state index contributed by atoms with van der Waals surface area (Å²) in [6, 6.07) is 13.9. The summed E-state index contributed by atoms with van der Waals surface area (Å²) >= 11 is 0. The van der Waals surface area contributed by atoms with Crippen molar-refractivity contribution >= 4 is 15.4 Å². The average molecular weight is 356 g/mol. The lowest BCUT2D eigenvalue weighted by molar-refractivity contribution is 0.196. The van der Waals surface area contributed by atoms with Gasteiger partial charge in [-0.15, -0.1) is 0 Å². The molecule has 25 heavy (non-hydrogen) atoms. The van der Waals surface area contributed by atoms with Crippen LogP contribution in [0.15, 0.2) is 59.5 Å². The van der Waals surface area contributed by atoms with Gasteiger partial charge in [0.15, 0.2) is 9.84 Å². The second-order valence-corrected chi connectivity index (χ2v) is 9.44. The maximum Gasteiger partial charge on any atom is 0.175 e. The minimum atomic E-state index is -3.19. The zero-order chi connectivity index (χ0) is 17.7. The van der Waals surface area contributed by atoms with E-state index in [1.807, 2.05) is 24.3 Å². The SMILES string of the molecule is CS(=O)(=O)c1ccc(C2CC3(C=C2c2ccc(F)cc2)CCC3)cc1. The van der Waals surface area contributed by atoms with Crippen LogP contribution in [0.25, 0.3) is 5.57 Å². The van der Waals surface area contributed by atoms with Crippen LogP contribution >= 0.6 is 0 Å². The Morgan fingerprint density at radius 1 is 1.00 bits per heavy atom. The Morgan fingerprint density at radius 2 is 1.64 bits per heavy atom. The van der Waals surface area contributed by atoms with E-state index in [4.69, 9.17) is 0 Å². The molecule has 1 atom stereocenters. The molecular formula is C21H21FO2S. The Hall–Kier alpha value is -1.94. The van der Waals surface area contributed by atoms with Crippen molar-refractivity contribution in [2.45, 2.75) is 36.5 Å². The van der Waals surface area contributed by atoms with Gasteiger partial charge in [0.1, 0.15) is 5.82 Å². The molecule has 2 nitrogen and oxygen atoms in total. The van der Waals surface area contributed by atoms with Crippen molar-refractivity contribution in [3.8, 4) is 0 Å². The highest BCUT2D eigenvalue weighted by Crippen LogP contribution is 2.58. The number of benzene rings is 2. The average Bonchev–Trinajstić information content (AvgIpc) is 2.96. The Balaban J connectivity index is 1.72. The Morgan fingerprint density at radius 3 is 2.16 bits per heavy atom. The first-order valence-electron chi connectivity index (χ1n) is 8.65. The Kier molecular flexibility index (Phi) is 3.84. The van der Waals surface area contributed by atoms with Gasteiger partial charge in [0, 0.05) is 12.2 Å². The van der Waals surface area contributed by atoms with E-state index in [1.165, 1.54) is 43.2 Å². The molecular weight excluding hydrogens is 335 g/mol. The van der Waals surface area contributed by atoms with Crippen LogP contribution in [0, 0.1) is 11.2 Å². The van der Waals surface area contributed by atoms with E-state index in [-0.39, 0.29) is 17.2 Å². The molecule has 2 aromatic carbocycles. The van der Waals surface area contributed by atoms with E-state index in [9.17, 15) is 12.8 Å². The lowest BCUT2D eigenvalue weighted by Gasteiger charge is -2.37. The smallest absolute Gasteiger partial charge is 0.175 e. The summed E-state index contributed by atoms with van der Waals surface area (Å²) in [6.07, 6.45) is 8.33. The monoisotopic (exact) mass is 356 g/mol. The number of allylic oxidation sites excluding steroid dienone is 2. The fourth-order valence-corrected chi connectivity index (χ4v) is 4.79. The van der Waals surface area contributed by atoms with Gasteiger partial charge in [-0.25, -0.2) is 12.8 Å². The molecule has 2 aliphatic rings. The third-order valence-corrected chi connectivity index (χ3v) is 6.81. The molecule has 0 heterocycles. The van der Waals surface area contributed by atoms with Gasteiger partial charge in [0.2, 0.25) is 0 Å². The molecule has 1 fully saturated rings. The van der Waals surface area contributed by atoms with Gasteiger partial charge in [-0.05, 0) is 65.6 Å². The van der Waals surface area contributed by atoms with Gasteiger partial charge >= 0.3 is 0 Å². The van der Waals surface area contributed by atoms with E-state index < -0.39 is 9.84 Å². The predicted octanol–water partition coefficient (Wildman–Crippen LogP) is 4.97. The van der Waals surface area contributed by atoms with Crippen molar-refractivity contribution in [2.75, 3.05) is 6.26 Å². The third-order valence-electron chi connectivity index (χ3n) is 5.69. The zero-order valence-electron chi connectivity index (χ0n) is 14.2. The molecule has 0 radical (unpaired) electrons. The van der Waals surface area contributed by atoms with Crippen molar-refractivity contribution < 1.29 is 12.8 Å². The van der Waals surface area contributed by atoms with Crippen LogP contribution in [0.3, 0.4) is 0 Å². The molecule has 0 bridgehead atoms. The summed E-state index contributed by atoms with van der Waals surface area (Å²) < 4.78 is 36.7. The minimum Gasteiger partial charge on any atom is -0.224 e. The second kappa shape index (κ2) is 5.80. The Bertz CT molecular complexity index is 921. The van der Waals surface area contributed by atoms with Crippen molar-refractivity contribution in [2.24, 2.45) is 5.41 Å². The molecule has 2 aliphatic carbocycles. The van der Waals surface area contributed by atoms with Gasteiger partial charge in [-0.3, -0.25) is 0 Å². The lowest BCUT2D eigenvalue weighted by Crippen LogP contribution is -2.25.